The maximum Gasteiger partial charge on any atom is 0.330 e. The van der Waals surface area contributed by atoms with E-state index in [0.29, 0.717) is 0 Å². The van der Waals surface area contributed by atoms with Crippen molar-refractivity contribution in [3.63, 3.8) is 0 Å². The van der Waals surface area contributed by atoms with Crippen molar-refractivity contribution in [3.8, 4) is 0 Å². The molecule has 0 fully saturated rings. The molecule has 0 spiro atoms. The molecule has 0 bridgehead atoms. The molecule has 176 valence electrons. The smallest absolute Gasteiger partial charge is 0.330 e. The molecule has 2 unspecified atom stereocenters. The molecule has 2 rings (SSSR count). The first-order valence-corrected chi connectivity index (χ1v) is 9.99. The van der Waals surface area contributed by atoms with Gasteiger partial charge in [0.25, 0.3) is 0 Å². The standard InChI is InChI=1S/C14H14O4.C8H10O2.C3H3ClO/c1-3-13(15)17-10-12(18-14(16)4-2)11-8-6-5-7-9-11;9-6-8(10)7-4-2-1-3-5-7;1-2-3(4)5/h3-9,12H,1-2,10H2;1-5,8-10H,6H2;2H,1H2. The molecular weight excluding hydrogens is 448 g/mol. The molecule has 7 nitrogen and oxygen atoms in total. The number of allylic oxidation sites excluding steroid dienone is 1. The van der Waals surface area contributed by atoms with Gasteiger partial charge >= 0.3 is 11.9 Å². The van der Waals surface area contributed by atoms with Gasteiger partial charge in [0, 0.05) is 12.2 Å². The summed E-state index contributed by atoms with van der Waals surface area (Å²) >= 11 is 4.71. The normalized spacial score (nSPS) is 11.0. The van der Waals surface area contributed by atoms with Gasteiger partial charge in [-0.05, 0) is 28.8 Å². The van der Waals surface area contributed by atoms with Gasteiger partial charge in [0.1, 0.15) is 12.7 Å². The van der Waals surface area contributed by atoms with Gasteiger partial charge in [0.2, 0.25) is 5.24 Å². The Hall–Kier alpha value is -3.52. The summed E-state index contributed by atoms with van der Waals surface area (Å²) < 4.78 is 10.00. The highest BCUT2D eigenvalue weighted by atomic mass is 35.5. The minimum absolute atomic E-state index is 0.0611. The molecule has 0 radical (unpaired) electrons. The summed E-state index contributed by atoms with van der Waals surface area (Å²) in [4.78, 5) is 31.7. The van der Waals surface area contributed by atoms with E-state index in [9.17, 15) is 14.4 Å². The SMILES string of the molecule is C=CC(=O)Cl.C=CC(=O)OCC(OC(=O)C=C)c1ccccc1.OCC(O)c1ccccc1. The van der Waals surface area contributed by atoms with Crippen molar-refractivity contribution >= 4 is 28.8 Å². The first-order valence-electron chi connectivity index (χ1n) is 9.61. The Bertz CT molecular complexity index is 882. The molecule has 0 aliphatic heterocycles. The molecule has 8 heteroatoms. The second kappa shape index (κ2) is 18.1. The van der Waals surface area contributed by atoms with Crippen LogP contribution in [0.15, 0.2) is 98.6 Å². The molecule has 0 aliphatic carbocycles. The van der Waals surface area contributed by atoms with E-state index in [1.807, 2.05) is 24.3 Å². The lowest BCUT2D eigenvalue weighted by Gasteiger charge is -2.16. The number of benzene rings is 2. The van der Waals surface area contributed by atoms with Gasteiger partial charge in [-0.2, -0.15) is 0 Å². The second-order valence-corrected chi connectivity index (χ2v) is 6.36. The lowest BCUT2D eigenvalue weighted by Crippen LogP contribution is -2.17. The van der Waals surface area contributed by atoms with Crippen LogP contribution >= 0.6 is 11.6 Å². The predicted octanol–water partition coefficient (Wildman–Crippen LogP) is 3.84. The van der Waals surface area contributed by atoms with Gasteiger partial charge in [0.15, 0.2) is 6.10 Å². The molecule has 0 aromatic heterocycles. The van der Waals surface area contributed by atoms with E-state index in [1.54, 1.807) is 36.4 Å². The topological polar surface area (TPSA) is 110 Å². The van der Waals surface area contributed by atoms with Gasteiger partial charge in [-0.25, -0.2) is 9.59 Å². The molecule has 0 saturated heterocycles. The van der Waals surface area contributed by atoms with Crippen LogP contribution in [0, 0.1) is 0 Å². The van der Waals surface area contributed by atoms with Gasteiger partial charge in [-0.15, -0.1) is 0 Å². The van der Waals surface area contributed by atoms with Crippen molar-refractivity contribution in [1.29, 1.82) is 0 Å². The Balaban J connectivity index is 0.000000569. The third-order valence-corrected chi connectivity index (χ3v) is 3.81. The summed E-state index contributed by atoms with van der Waals surface area (Å²) in [5, 5.41) is 17.1. The quantitative estimate of drug-likeness (QED) is 0.323. The number of aliphatic hydroxyl groups excluding tert-OH is 2. The van der Waals surface area contributed by atoms with Crippen LogP contribution in [0.4, 0.5) is 0 Å². The summed E-state index contributed by atoms with van der Waals surface area (Å²) in [6.07, 6.45) is 1.77. The number of carbonyl (C=O) groups excluding carboxylic acids is 3. The molecule has 2 aromatic carbocycles. The monoisotopic (exact) mass is 474 g/mol. The highest BCUT2D eigenvalue weighted by Crippen LogP contribution is 2.18. The van der Waals surface area contributed by atoms with Gasteiger partial charge in [-0.1, -0.05) is 80.4 Å². The van der Waals surface area contributed by atoms with E-state index >= 15 is 0 Å². The molecule has 2 N–H and O–H groups in total. The molecule has 2 atom stereocenters. The van der Waals surface area contributed by atoms with Gasteiger partial charge in [0.05, 0.1) is 6.61 Å². The Morgan fingerprint density at radius 3 is 1.70 bits per heavy atom. The Morgan fingerprint density at radius 1 is 0.848 bits per heavy atom. The molecule has 0 aliphatic rings. The summed E-state index contributed by atoms with van der Waals surface area (Å²) in [7, 11) is 0. The first-order chi connectivity index (χ1) is 15.8. The van der Waals surface area contributed by atoms with Crippen LogP contribution in [0.1, 0.15) is 23.3 Å². The molecule has 0 heterocycles. The first kappa shape index (κ1) is 29.5. The zero-order chi connectivity index (χ0) is 25.1. The van der Waals surface area contributed by atoms with E-state index in [-0.39, 0.29) is 13.2 Å². The largest absolute Gasteiger partial charge is 0.458 e. The maximum absolute atomic E-state index is 11.2. The summed E-state index contributed by atoms with van der Waals surface area (Å²) in [5.41, 5.74) is 1.49. The van der Waals surface area contributed by atoms with Crippen molar-refractivity contribution in [2.45, 2.75) is 12.2 Å². The molecule has 0 saturated carbocycles. The lowest BCUT2D eigenvalue weighted by atomic mass is 10.1. The third kappa shape index (κ3) is 14.2. The van der Waals surface area contributed by atoms with E-state index < -0.39 is 29.4 Å². The molecular formula is C25H27ClO7. The van der Waals surface area contributed by atoms with E-state index in [0.717, 1.165) is 29.4 Å². The Kier molecular flexibility index (Phi) is 16.2. The van der Waals surface area contributed by atoms with Crippen molar-refractivity contribution in [2.75, 3.05) is 13.2 Å². The minimum atomic E-state index is -0.735. The zero-order valence-corrected chi connectivity index (χ0v) is 18.8. The third-order valence-electron chi connectivity index (χ3n) is 3.66. The van der Waals surface area contributed by atoms with E-state index in [1.165, 1.54) is 0 Å². The fraction of sp³-hybridized carbons (Fsp3) is 0.160. The number of hydrogen-bond acceptors (Lipinski definition) is 7. The van der Waals surface area contributed by atoms with Crippen LogP contribution in [-0.2, 0) is 23.9 Å². The van der Waals surface area contributed by atoms with Crippen LogP contribution in [0.2, 0.25) is 0 Å². The second-order valence-electron chi connectivity index (χ2n) is 5.99. The van der Waals surface area contributed by atoms with Crippen LogP contribution in [0.3, 0.4) is 0 Å². The average molecular weight is 475 g/mol. The number of rotatable bonds is 9. The number of ether oxygens (including phenoxy) is 2. The zero-order valence-electron chi connectivity index (χ0n) is 18.0. The molecule has 0 amide bonds. The Morgan fingerprint density at radius 2 is 1.30 bits per heavy atom. The summed E-state index contributed by atoms with van der Waals surface area (Å²) in [6, 6.07) is 18.1. The average Bonchev–Trinajstić information content (AvgIpc) is 2.87. The van der Waals surface area contributed by atoms with Crippen LogP contribution < -0.4 is 0 Å². The maximum atomic E-state index is 11.2. The van der Waals surface area contributed by atoms with Gasteiger partial charge < -0.3 is 19.7 Å². The van der Waals surface area contributed by atoms with Crippen LogP contribution in [0.5, 0.6) is 0 Å². The summed E-state index contributed by atoms with van der Waals surface area (Å²) in [6.45, 7) is 9.41. The highest BCUT2D eigenvalue weighted by Gasteiger charge is 2.16. The van der Waals surface area contributed by atoms with E-state index in [2.05, 4.69) is 19.7 Å². The molecule has 2 aromatic rings. The fourth-order valence-electron chi connectivity index (χ4n) is 2.05. The van der Waals surface area contributed by atoms with Crippen molar-refractivity contribution in [3.05, 3.63) is 110 Å². The molecule has 33 heavy (non-hydrogen) atoms. The number of halogens is 1. The van der Waals surface area contributed by atoms with Crippen LogP contribution in [-0.4, -0.2) is 40.6 Å². The van der Waals surface area contributed by atoms with Gasteiger partial charge in [-0.3, -0.25) is 4.79 Å². The minimum Gasteiger partial charge on any atom is -0.458 e. The number of esters is 2. The number of hydrogen-bond donors (Lipinski definition) is 2. The number of aliphatic hydroxyl groups is 2. The highest BCUT2D eigenvalue weighted by molar-refractivity contribution is 6.66. The van der Waals surface area contributed by atoms with Crippen molar-refractivity contribution < 1.29 is 34.1 Å². The van der Waals surface area contributed by atoms with E-state index in [4.69, 9.17) is 31.3 Å². The Labute approximate surface area is 198 Å². The summed E-state index contributed by atoms with van der Waals surface area (Å²) in [5.74, 6) is -1.14. The lowest BCUT2D eigenvalue weighted by molar-refractivity contribution is -0.153. The van der Waals surface area contributed by atoms with Crippen molar-refractivity contribution in [1.82, 2.24) is 0 Å². The predicted molar refractivity (Wildman–Crippen MR) is 126 cm³/mol. The number of carbonyl (C=O) groups is 3. The van der Waals surface area contributed by atoms with Crippen molar-refractivity contribution in [2.24, 2.45) is 0 Å². The fourth-order valence-corrected chi connectivity index (χ4v) is 2.05. The van der Waals surface area contributed by atoms with Crippen LogP contribution in [0.25, 0.3) is 0 Å².